The summed E-state index contributed by atoms with van der Waals surface area (Å²) >= 11 is 5.20. The lowest BCUT2D eigenvalue weighted by molar-refractivity contribution is 0.935. The molecule has 0 nitrogen and oxygen atoms in total. The Morgan fingerprint density at radius 2 is 1.44 bits per heavy atom. The van der Waals surface area contributed by atoms with E-state index in [1.54, 1.807) is 12.1 Å². The number of alkyl halides is 2. The first-order chi connectivity index (χ1) is 4.33. The molecule has 0 radical (unpaired) electrons. The highest BCUT2D eigenvalue weighted by molar-refractivity contribution is 14.1. The van der Waals surface area contributed by atoms with Gasteiger partial charge in [-0.05, 0) is 8.10 Å². The highest BCUT2D eigenvalue weighted by Gasteiger charge is 2.33. The third kappa shape index (κ3) is 2.05. The van der Waals surface area contributed by atoms with Crippen LogP contribution in [0, 0.1) is 0 Å². The van der Waals surface area contributed by atoms with E-state index in [1.807, 2.05) is 0 Å². The fourth-order valence-corrected chi connectivity index (χ4v) is 13.6. The highest BCUT2D eigenvalue weighted by atomic mass is 127. The predicted molar refractivity (Wildman–Crippen MR) is 62.4 cm³/mol. The second-order valence-electron chi connectivity index (χ2n) is 2.97. The molecule has 0 unspecified atom stereocenters. The van der Waals surface area contributed by atoms with Crippen molar-refractivity contribution in [3.8, 4) is 0 Å². The second-order valence-corrected chi connectivity index (χ2v) is 12.1. The Morgan fingerprint density at radius 1 is 1.00 bits per heavy atom. The lowest BCUT2D eigenvalue weighted by Gasteiger charge is -2.19. The minimum Gasteiger partial charge on any atom is -0.0897 e. The predicted octanol–water partition coefficient (Wildman–Crippen LogP) is 3.18. The zero-order valence-corrected chi connectivity index (χ0v) is 10.8. The lowest BCUT2D eigenvalue weighted by Crippen LogP contribution is -2.35. The molecule has 1 aliphatic rings. The Morgan fingerprint density at radius 3 is 1.67 bits per heavy atom. The molecule has 54 valence electrons. The van der Waals surface area contributed by atoms with Gasteiger partial charge in [-0.25, -0.2) is 0 Å². The van der Waals surface area contributed by atoms with E-state index >= 15 is 0 Å². The quantitative estimate of drug-likeness (QED) is 0.400. The maximum atomic E-state index is 2.60. The van der Waals surface area contributed by atoms with Crippen LogP contribution in [0.4, 0.5) is 0 Å². The van der Waals surface area contributed by atoms with Crippen LogP contribution in [-0.4, -0.2) is 16.2 Å². The van der Waals surface area contributed by atoms with Crippen LogP contribution < -0.4 is 0 Å². The zero-order chi connectivity index (χ0) is 6.74. The molecule has 3 heteroatoms. The van der Waals surface area contributed by atoms with Crippen molar-refractivity contribution in [2.24, 2.45) is 0 Å². The second kappa shape index (κ2) is 3.89. The van der Waals surface area contributed by atoms with Gasteiger partial charge in [-0.15, -0.1) is 0 Å². The molecule has 1 rings (SSSR count). The molecule has 1 saturated heterocycles. The van der Waals surface area contributed by atoms with Gasteiger partial charge in [0.1, 0.15) is 0 Å². The van der Waals surface area contributed by atoms with Crippen molar-refractivity contribution in [1.82, 2.24) is 0 Å². The first-order valence-electron chi connectivity index (χ1n) is 3.45. The van der Waals surface area contributed by atoms with E-state index in [2.05, 4.69) is 45.2 Å². The molecule has 1 fully saturated rings. The largest absolute Gasteiger partial charge is 0.0897 e. The number of rotatable bonds is 2. The van der Waals surface area contributed by atoms with Gasteiger partial charge in [-0.2, -0.15) is 0 Å². The summed E-state index contributed by atoms with van der Waals surface area (Å²) in [6.07, 6.45) is 3.08. The van der Waals surface area contributed by atoms with Crippen molar-refractivity contribution < 1.29 is 0 Å². The normalized spacial score (nSPS) is 24.7. The minimum absolute atomic E-state index is 0.607. The van der Waals surface area contributed by atoms with E-state index in [0.29, 0.717) is 0 Å². The number of halogens is 2. The third-order valence-electron chi connectivity index (χ3n) is 2.23. The molecule has 0 aromatic carbocycles. The molecule has 0 N–H and O–H groups in total. The molecular weight excluding hydrogens is 354 g/mol. The van der Waals surface area contributed by atoms with Crippen molar-refractivity contribution >= 4 is 53.3 Å². The average Bonchev–Trinajstić information content (AvgIpc) is 2.36. The van der Waals surface area contributed by atoms with E-state index in [0.717, 1.165) is 0 Å². The van der Waals surface area contributed by atoms with E-state index in [-0.39, 0.29) is 0 Å². The van der Waals surface area contributed by atoms with Crippen molar-refractivity contribution in [1.29, 1.82) is 0 Å². The molecular formula is C6H12I2Si. The maximum absolute atomic E-state index is 2.60. The van der Waals surface area contributed by atoms with Crippen LogP contribution in [0.15, 0.2) is 0 Å². The van der Waals surface area contributed by atoms with Crippen LogP contribution >= 0.6 is 45.2 Å². The molecule has 0 amide bonds. The first-order valence-corrected chi connectivity index (χ1v) is 9.33. The van der Waals surface area contributed by atoms with E-state index < -0.39 is 8.07 Å². The maximum Gasteiger partial charge on any atom is 0.0739 e. The Bertz CT molecular complexity index is 83.1. The molecule has 0 bridgehead atoms. The van der Waals surface area contributed by atoms with Gasteiger partial charge in [0.25, 0.3) is 0 Å². The standard InChI is InChI=1S/C6H12I2Si/c7-5-9(6-8)3-1-2-4-9/h1-6H2. The number of hydrogen-bond donors (Lipinski definition) is 0. The SMILES string of the molecule is IC[Si]1(CI)CCCC1. The van der Waals surface area contributed by atoms with Crippen LogP contribution in [0.25, 0.3) is 0 Å². The fraction of sp³-hybridized carbons (Fsp3) is 1.00. The van der Waals surface area contributed by atoms with Crippen LogP contribution in [0.5, 0.6) is 0 Å². The average molecular weight is 366 g/mol. The highest BCUT2D eigenvalue weighted by Crippen LogP contribution is 2.32. The van der Waals surface area contributed by atoms with Gasteiger partial charge >= 0.3 is 0 Å². The topological polar surface area (TPSA) is 0 Å². The molecule has 0 aromatic heterocycles. The van der Waals surface area contributed by atoms with Crippen molar-refractivity contribution in [2.75, 3.05) is 8.10 Å². The summed E-state index contributed by atoms with van der Waals surface area (Å²) in [6, 6.07) is 3.25. The summed E-state index contributed by atoms with van der Waals surface area (Å²) in [7, 11) is -0.607. The summed E-state index contributed by atoms with van der Waals surface area (Å²) in [5.74, 6) is 0. The summed E-state index contributed by atoms with van der Waals surface area (Å²) in [4.78, 5) is 0. The van der Waals surface area contributed by atoms with E-state index in [9.17, 15) is 0 Å². The summed E-state index contributed by atoms with van der Waals surface area (Å²) in [6.45, 7) is 0. The van der Waals surface area contributed by atoms with E-state index in [4.69, 9.17) is 0 Å². The molecule has 0 saturated carbocycles. The van der Waals surface area contributed by atoms with Crippen LogP contribution in [0.2, 0.25) is 12.1 Å². The van der Waals surface area contributed by atoms with E-state index in [1.165, 1.54) is 20.9 Å². The molecule has 0 aliphatic carbocycles. The smallest absolute Gasteiger partial charge is 0.0739 e. The fourth-order valence-electron chi connectivity index (χ4n) is 1.43. The van der Waals surface area contributed by atoms with Crippen molar-refractivity contribution in [3.05, 3.63) is 0 Å². The molecule has 1 aliphatic heterocycles. The van der Waals surface area contributed by atoms with Gasteiger partial charge in [0.15, 0.2) is 0 Å². The van der Waals surface area contributed by atoms with Crippen molar-refractivity contribution in [2.45, 2.75) is 24.9 Å². The molecule has 0 spiro atoms. The molecule has 0 atom stereocenters. The van der Waals surface area contributed by atoms with Gasteiger partial charge < -0.3 is 0 Å². The van der Waals surface area contributed by atoms with Gasteiger partial charge in [0, 0.05) is 0 Å². The first kappa shape index (κ1) is 8.77. The molecule has 1 heterocycles. The third-order valence-corrected chi connectivity index (χ3v) is 15.9. The summed E-state index contributed by atoms with van der Waals surface area (Å²) in [5, 5.41) is 0. The zero-order valence-electron chi connectivity index (χ0n) is 5.50. The van der Waals surface area contributed by atoms with Gasteiger partial charge in [0.05, 0.1) is 8.07 Å². The minimum atomic E-state index is -0.607. The monoisotopic (exact) mass is 366 g/mol. The Kier molecular flexibility index (Phi) is 3.80. The van der Waals surface area contributed by atoms with Gasteiger partial charge in [0.2, 0.25) is 0 Å². The Hall–Kier alpha value is 1.68. The van der Waals surface area contributed by atoms with Gasteiger partial charge in [-0.3, -0.25) is 0 Å². The Labute approximate surface area is 85.5 Å². The molecule has 9 heavy (non-hydrogen) atoms. The van der Waals surface area contributed by atoms with Crippen LogP contribution in [0.1, 0.15) is 12.8 Å². The number of hydrogen-bond acceptors (Lipinski definition) is 0. The van der Waals surface area contributed by atoms with Crippen molar-refractivity contribution in [3.63, 3.8) is 0 Å². The Balaban J connectivity index is 2.45. The van der Waals surface area contributed by atoms with Crippen LogP contribution in [-0.2, 0) is 0 Å². The lowest BCUT2D eigenvalue weighted by atomic mass is 10.4. The summed E-state index contributed by atoms with van der Waals surface area (Å²) < 4.78 is 3.02. The van der Waals surface area contributed by atoms with Gasteiger partial charge in [-0.1, -0.05) is 70.1 Å². The van der Waals surface area contributed by atoms with Crippen LogP contribution in [0.3, 0.4) is 0 Å². The molecule has 0 aromatic rings. The summed E-state index contributed by atoms with van der Waals surface area (Å²) in [5.41, 5.74) is 0.